The van der Waals surface area contributed by atoms with Crippen LogP contribution in [-0.4, -0.2) is 6.61 Å². The van der Waals surface area contributed by atoms with Gasteiger partial charge in [0.1, 0.15) is 0 Å². The number of hydrogen-bond donors (Lipinski definition) is 1. The van der Waals surface area contributed by atoms with E-state index in [0.29, 0.717) is 6.61 Å². The van der Waals surface area contributed by atoms with Crippen molar-refractivity contribution in [1.29, 1.82) is 0 Å². The van der Waals surface area contributed by atoms with E-state index in [-0.39, 0.29) is 5.92 Å². The average molecular weight is 317 g/mol. The van der Waals surface area contributed by atoms with E-state index in [9.17, 15) is 0 Å². The largest absolute Gasteiger partial charge is 0.304 e. The summed E-state index contributed by atoms with van der Waals surface area (Å²) in [4.78, 5) is 4.96. The topological polar surface area (TPSA) is 35.2 Å². The summed E-state index contributed by atoms with van der Waals surface area (Å²) >= 11 is 0. The summed E-state index contributed by atoms with van der Waals surface area (Å²) in [5, 5.41) is 0. The van der Waals surface area contributed by atoms with Crippen LogP contribution in [0.15, 0.2) is 84.9 Å². The molecule has 0 aliphatic carbocycles. The second-order valence-electron chi connectivity index (χ2n) is 6.12. The molecule has 0 heterocycles. The standard InChI is InChI=1S/C22H23NO/c23-24-17-22(16-19-9-5-2-6-10-19)21-13-11-20(12-14-21)15-18-7-3-1-4-8-18/h1-14,22H,15-17,23H2. The Kier molecular flexibility index (Phi) is 5.78. The van der Waals surface area contributed by atoms with Crippen LogP contribution in [0.2, 0.25) is 0 Å². The third kappa shape index (κ3) is 4.54. The zero-order valence-corrected chi connectivity index (χ0v) is 13.8. The number of benzene rings is 3. The predicted molar refractivity (Wildman–Crippen MR) is 98.7 cm³/mol. The molecule has 2 heteroatoms. The highest BCUT2D eigenvalue weighted by Crippen LogP contribution is 2.22. The summed E-state index contributed by atoms with van der Waals surface area (Å²) in [6.07, 6.45) is 1.88. The van der Waals surface area contributed by atoms with E-state index >= 15 is 0 Å². The van der Waals surface area contributed by atoms with Gasteiger partial charge in [0.25, 0.3) is 0 Å². The maximum Gasteiger partial charge on any atom is 0.0751 e. The van der Waals surface area contributed by atoms with E-state index in [0.717, 1.165) is 12.8 Å². The van der Waals surface area contributed by atoms with Crippen molar-refractivity contribution in [2.45, 2.75) is 18.8 Å². The minimum absolute atomic E-state index is 0.267. The molecule has 0 fully saturated rings. The van der Waals surface area contributed by atoms with Crippen LogP contribution in [0.4, 0.5) is 0 Å². The summed E-state index contributed by atoms with van der Waals surface area (Å²) in [6.45, 7) is 0.521. The van der Waals surface area contributed by atoms with Crippen LogP contribution in [0.5, 0.6) is 0 Å². The van der Waals surface area contributed by atoms with Crippen LogP contribution in [-0.2, 0) is 17.7 Å². The molecule has 1 unspecified atom stereocenters. The molecule has 0 radical (unpaired) electrons. The van der Waals surface area contributed by atoms with Crippen molar-refractivity contribution < 1.29 is 4.84 Å². The second kappa shape index (κ2) is 8.44. The lowest BCUT2D eigenvalue weighted by molar-refractivity contribution is 0.122. The molecule has 3 aromatic carbocycles. The fraction of sp³-hybridized carbons (Fsp3) is 0.182. The minimum Gasteiger partial charge on any atom is -0.304 e. The van der Waals surface area contributed by atoms with Crippen molar-refractivity contribution in [3.63, 3.8) is 0 Å². The van der Waals surface area contributed by atoms with Crippen molar-refractivity contribution in [3.8, 4) is 0 Å². The molecule has 2 nitrogen and oxygen atoms in total. The molecule has 1 atom stereocenters. The van der Waals surface area contributed by atoms with Crippen LogP contribution >= 0.6 is 0 Å². The third-order valence-electron chi connectivity index (χ3n) is 4.32. The molecule has 0 bridgehead atoms. The Morgan fingerprint density at radius 3 is 1.79 bits per heavy atom. The maximum atomic E-state index is 5.35. The van der Waals surface area contributed by atoms with Crippen molar-refractivity contribution in [1.82, 2.24) is 0 Å². The van der Waals surface area contributed by atoms with Crippen molar-refractivity contribution in [2.75, 3.05) is 6.61 Å². The molecule has 0 aliphatic heterocycles. The van der Waals surface area contributed by atoms with E-state index in [1.54, 1.807) is 0 Å². The van der Waals surface area contributed by atoms with E-state index < -0.39 is 0 Å². The highest BCUT2D eigenvalue weighted by atomic mass is 16.6. The molecule has 24 heavy (non-hydrogen) atoms. The van der Waals surface area contributed by atoms with E-state index in [1.165, 1.54) is 22.3 Å². The first kappa shape index (κ1) is 16.4. The SMILES string of the molecule is NOCC(Cc1ccccc1)c1ccc(Cc2ccccc2)cc1. The van der Waals surface area contributed by atoms with Gasteiger partial charge in [-0.3, -0.25) is 0 Å². The molecule has 0 saturated heterocycles. The molecule has 0 saturated carbocycles. The molecule has 0 spiro atoms. The lowest BCUT2D eigenvalue weighted by atomic mass is 9.91. The first-order chi connectivity index (χ1) is 11.8. The highest BCUT2D eigenvalue weighted by Gasteiger charge is 2.12. The van der Waals surface area contributed by atoms with Crippen LogP contribution in [0.25, 0.3) is 0 Å². The summed E-state index contributed by atoms with van der Waals surface area (Å²) in [5.74, 6) is 5.62. The van der Waals surface area contributed by atoms with Gasteiger partial charge < -0.3 is 4.84 Å². The highest BCUT2D eigenvalue weighted by molar-refractivity contribution is 5.31. The molecule has 3 aromatic rings. The lowest BCUT2D eigenvalue weighted by Gasteiger charge is -2.17. The van der Waals surface area contributed by atoms with E-state index in [1.807, 2.05) is 12.1 Å². The molecule has 0 aromatic heterocycles. The smallest absolute Gasteiger partial charge is 0.0751 e. The summed E-state index contributed by atoms with van der Waals surface area (Å²) < 4.78 is 0. The van der Waals surface area contributed by atoms with Gasteiger partial charge in [-0.1, -0.05) is 84.9 Å². The Morgan fingerprint density at radius 1 is 0.667 bits per heavy atom. The molecule has 122 valence electrons. The Labute approximate surface area is 143 Å². The van der Waals surface area contributed by atoms with Gasteiger partial charge in [-0.05, 0) is 35.1 Å². The van der Waals surface area contributed by atoms with E-state index in [2.05, 4.69) is 72.8 Å². The van der Waals surface area contributed by atoms with Crippen LogP contribution in [0.3, 0.4) is 0 Å². The molecule has 0 aliphatic rings. The first-order valence-corrected chi connectivity index (χ1v) is 8.33. The number of nitrogens with two attached hydrogens (primary N) is 1. The fourth-order valence-corrected chi connectivity index (χ4v) is 3.03. The van der Waals surface area contributed by atoms with Gasteiger partial charge >= 0.3 is 0 Å². The molecule has 0 amide bonds. The van der Waals surface area contributed by atoms with Gasteiger partial charge in [-0.15, -0.1) is 0 Å². The number of hydrogen-bond acceptors (Lipinski definition) is 2. The number of rotatable bonds is 7. The van der Waals surface area contributed by atoms with Gasteiger partial charge in [-0.2, -0.15) is 0 Å². The Bertz CT molecular complexity index is 723. The van der Waals surface area contributed by atoms with Gasteiger partial charge in [0.15, 0.2) is 0 Å². The molecular formula is C22H23NO. The van der Waals surface area contributed by atoms with Crippen molar-refractivity contribution in [3.05, 3.63) is 107 Å². The Balaban J connectivity index is 1.71. The van der Waals surface area contributed by atoms with Crippen LogP contribution in [0, 0.1) is 0 Å². The maximum absolute atomic E-state index is 5.35. The second-order valence-corrected chi connectivity index (χ2v) is 6.12. The van der Waals surface area contributed by atoms with Gasteiger partial charge in [0.2, 0.25) is 0 Å². The average Bonchev–Trinajstić information content (AvgIpc) is 2.64. The van der Waals surface area contributed by atoms with Gasteiger partial charge in [-0.25, -0.2) is 5.90 Å². The van der Waals surface area contributed by atoms with Gasteiger partial charge in [0, 0.05) is 5.92 Å². The van der Waals surface area contributed by atoms with Gasteiger partial charge in [0.05, 0.1) is 6.61 Å². The zero-order valence-electron chi connectivity index (χ0n) is 13.8. The molecular weight excluding hydrogens is 294 g/mol. The monoisotopic (exact) mass is 317 g/mol. The summed E-state index contributed by atoms with van der Waals surface area (Å²) in [7, 11) is 0. The van der Waals surface area contributed by atoms with E-state index in [4.69, 9.17) is 10.7 Å². The third-order valence-corrected chi connectivity index (χ3v) is 4.32. The quantitative estimate of drug-likeness (QED) is 0.651. The van der Waals surface area contributed by atoms with Crippen molar-refractivity contribution in [2.24, 2.45) is 5.90 Å². The summed E-state index contributed by atoms with van der Waals surface area (Å²) in [5.41, 5.74) is 5.21. The lowest BCUT2D eigenvalue weighted by Crippen LogP contribution is -2.14. The van der Waals surface area contributed by atoms with Crippen LogP contribution in [0.1, 0.15) is 28.2 Å². The summed E-state index contributed by atoms with van der Waals surface area (Å²) in [6, 6.07) is 29.8. The van der Waals surface area contributed by atoms with Crippen molar-refractivity contribution >= 4 is 0 Å². The Morgan fingerprint density at radius 2 is 1.21 bits per heavy atom. The van der Waals surface area contributed by atoms with Crippen LogP contribution < -0.4 is 5.90 Å². The fourth-order valence-electron chi connectivity index (χ4n) is 3.03. The predicted octanol–water partition coefficient (Wildman–Crippen LogP) is 4.49. The molecule has 2 N–H and O–H groups in total. The zero-order chi connectivity index (χ0) is 16.6. The molecule has 3 rings (SSSR count). The minimum atomic E-state index is 0.267. The normalized spacial score (nSPS) is 12.0. The Hall–Kier alpha value is -2.42. The first-order valence-electron chi connectivity index (χ1n) is 8.33.